The van der Waals surface area contributed by atoms with Gasteiger partial charge in [0, 0.05) is 0 Å². The third-order valence-electron chi connectivity index (χ3n) is 5.26. The molecule has 158 valence electrons. The standard InChI is InChI=1S/C22H26F2O5/c1-3-28-17-8-5-14(6-9-17)10-16-11-15(7-4-13(16)2)20-19(26)21(27)22(23,24)18(12-25)29-20/h4-9,11,18-21,25-27H,3,10,12H2,1-2H3/t18-,19-,20+,21+/m0/s1. The molecular formula is C22H26F2O5. The maximum atomic E-state index is 14.0. The molecule has 7 heteroatoms. The highest BCUT2D eigenvalue weighted by atomic mass is 19.3. The predicted octanol–water partition coefficient (Wildman–Crippen LogP) is 2.77. The van der Waals surface area contributed by atoms with Gasteiger partial charge in [0.25, 0.3) is 0 Å². The molecule has 4 atom stereocenters. The molecule has 3 rings (SSSR count). The van der Waals surface area contributed by atoms with Gasteiger partial charge in [-0.1, -0.05) is 30.3 Å². The second-order valence-corrected chi connectivity index (χ2v) is 7.28. The smallest absolute Gasteiger partial charge is 0.303 e. The van der Waals surface area contributed by atoms with E-state index < -0.39 is 36.9 Å². The number of aliphatic hydroxyl groups excluding tert-OH is 3. The lowest BCUT2D eigenvalue weighted by atomic mass is 9.88. The topological polar surface area (TPSA) is 79.2 Å². The van der Waals surface area contributed by atoms with Crippen LogP contribution in [0.3, 0.4) is 0 Å². The fourth-order valence-corrected chi connectivity index (χ4v) is 3.52. The number of aryl methyl sites for hydroxylation is 1. The average Bonchev–Trinajstić information content (AvgIpc) is 2.70. The molecule has 1 aliphatic heterocycles. The molecule has 1 saturated heterocycles. The molecule has 5 nitrogen and oxygen atoms in total. The minimum atomic E-state index is -3.74. The van der Waals surface area contributed by atoms with Gasteiger partial charge in [-0.2, -0.15) is 0 Å². The van der Waals surface area contributed by atoms with Crippen LogP contribution in [0.4, 0.5) is 8.78 Å². The highest BCUT2D eigenvalue weighted by Crippen LogP contribution is 2.41. The largest absolute Gasteiger partial charge is 0.494 e. The monoisotopic (exact) mass is 408 g/mol. The van der Waals surface area contributed by atoms with Crippen molar-refractivity contribution >= 4 is 0 Å². The Morgan fingerprint density at radius 2 is 1.79 bits per heavy atom. The Kier molecular flexibility index (Phi) is 6.53. The molecule has 0 unspecified atom stereocenters. The SMILES string of the molecule is CCOc1ccc(Cc2cc([C@H]3O[C@@H](CO)C(F)(F)[C@H](O)[C@H]3O)ccc2C)cc1. The molecule has 0 amide bonds. The molecule has 0 saturated carbocycles. The molecule has 0 radical (unpaired) electrons. The van der Waals surface area contributed by atoms with E-state index in [0.717, 1.165) is 22.4 Å². The molecule has 0 aliphatic carbocycles. The summed E-state index contributed by atoms with van der Waals surface area (Å²) in [6, 6.07) is 13.0. The molecule has 3 N–H and O–H groups in total. The zero-order valence-corrected chi connectivity index (χ0v) is 16.4. The molecule has 2 aromatic rings. The van der Waals surface area contributed by atoms with E-state index in [0.29, 0.717) is 18.6 Å². The first-order valence-electron chi connectivity index (χ1n) is 9.59. The van der Waals surface area contributed by atoms with Gasteiger partial charge < -0.3 is 24.8 Å². The number of hydrogen-bond donors (Lipinski definition) is 3. The number of aliphatic hydroxyl groups is 3. The summed E-state index contributed by atoms with van der Waals surface area (Å²) in [5.74, 6) is -2.95. The first-order chi connectivity index (χ1) is 13.8. The maximum Gasteiger partial charge on any atom is 0.303 e. The lowest BCUT2D eigenvalue weighted by molar-refractivity contribution is -0.296. The van der Waals surface area contributed by atoms with Gasteiger partial charge >= 0.3 is 5.92 Å². The first kappa shape index (κ1) is 21.6. The maximum absolute atomic E-state index is 14.0. The van der Waals surface area contributed by atoms with Gasteiger partial charge in [0.1, 0.15) is 30.2 Å². The normalized spacial score (nSPS) is 26.3. The summed E-state index contributed by atoms with van der Waals surface area (Å²) in [4.78, 5) is 0. The van der Waals surface area contributed by atoms with Crippen LogP contribution < -0.4 is 4.74 Å². The van der Waals surface area contributed by atoms with Crippen molar-refractivity contribution in [1.29, 1.82) is 0 Å². The number of alkyl halides is 2. The van der Waals surface area contributed by atoms with Crippen LogP contribution in [0.5, 0.6) is 5.75 Å². The average molecular weight is 408 g/mol. The lowest BCUT2D eigenvalue weighted by Crippen LogP contribution is -2.59. The van der Waals surface area contributed by atoms with Gasteiger partial charge in [0.15, 0.2) is 0 Å². The van der Waals surface area contributed by atoms with Gasteiger partial charge in [-0.05, 0) is 54.7 Å². The van der Waals surface area contributed by atoms with E-state index in [2.05, 4.69) is 0 Å². The Bertz CT molecular complexity index is 820. The van der Waals surface area contributed by atoms with Crippen LogP contribution in [0, 0.1) is 6.92 Å². The molecule has 29 heavy (non-hydrogen) atoms. The molecule has 2 aromatic carbocycles. The highest BCUT2D eigenvalue weighted by Gasteiger charge is 2.57. The van der Waals surface area contributed by atoms with Crippen LogP contribution >= 0.6 is 0 Å². The van der Waals surface area contributed by atoms with Crippen LogP contribution in [-0.4, -0.2) is 52.8 Å². The number of hydrogen-bond acceptors (Lipinski definition) is 5. The van der Waals surface area contributed by atoms with Crippen LogP contribution in [0.25, 0.3) is 0 Å². The number of rotatable bonds is 6. The fraction of sp³-hybridized carbons (Fsp3) is 0.455. The van der Waals surface area contributed by atoms with E-state index in [1.165, 1.54) is 0 Å². The van der Waals surface area contributed by atoms with E-state index in [1.807, 2.05) is 44.2 Å². The summed E-state index contributed by atoms with van der Waals surface area (Å²) in [6.07, 6.45) is -6.59. The van der Waals surface area contributed by atoms with E-state index in [1.54, 1.807) is 12.1 Å². The summed E-state index contributed by atoms with van der Waals surface area (Å²) >= 11 is 0. The Morgan fingerprint density at radius 1 is 1.10 bits per heavy atom. The first-order valence-corrected chi connectivity index (χ1v) is 9.59. The second-order valence-electron chi connectivity index (χ2n) is 7.28. The van der Waals surface area contributed by atoms with Crippen molar-refractivity contribution in [2.75, 3.05) is 13.2 Å². The molecule has 0 bridgehead atoms. The molecule has 1 fully saturated rings. The Morgan fingerprint density at radius 3 is 2.41 bits per heavy atom. The Balaban J connectivity index is 1.84. The Hall–Kier alpha value is -2.06. The fourth-order valence-electron chi connectivity index (χ4n) is 3.52. The molecule has 1 aliphatic rings. The van der Waals surface area contributed by atoms with Crippen molar-refractivity contribution in [3.8, 4) is 5.75 Å². The number of halogens is 2. The summed E-state index contributed by atoms with van der Waals surface area (Å²) < 4.78 is 38.8. The van der Waals surface area contributed by atoms with Crippen molar-refractivity contribution in [1.82, 2.24) is 0 Å². The van der Waals surface area contributed by atoms with E-state index in [4.69, 9.17) is 9.47 Å². The van der Waals surface area contributed by atoms with E-state index in [-0.39, 0.29) is 0 Å². The second kappa shape index (κ2) is 8.75. The molecular weight excluding hydrogens is 382 g/mol. The zero-order valence-electron chi connectivity index (χ0n) is 16.4. The third kappa shape index (κ3) is 4.43. The van der Waals surface area contributed by atoms with E-state index in [9.17, 15) is 24.1 Å². The van der Waals surface area contributed by atoms with Gasteiger partial charge in [-0.25, -0.2) is 8.78 Å². The van der Waals surface area contributed by atoms with Crippen molar-refractivity contribution in [2.24, 2.45) is 0 Å². The number of benzene rings is 2. The molecule has 0 aromatic heterocycles. The van der Waals surface area contributed by atoms with Crippen molar-refractivity contribution < 1.29 is 33.6 Å². The summed E-state index contributed by atoms with van der Waals surface area (Å²) in [7, 11) is 0. The predicted molar refractivity (Wildman–Crippen MR) is 103 cm³/mol. The van der Waals surface area contributed by atoms with Gasteiger partial charge in [-0.15, -0.1) is 0 Å². The van der Waals surface area contributed by atoms with E-state index >= 15 is 0 Å². The van der Waals surface area contributed by atoms with Crippen molar-refractivity contribution in [3.63, 3.8) is 0 Å². The van der Waals surface area contributed by atoms with Crippen LogP contribution in [-0.2, 0) is 11.2 Å². The zero-order chi connectivity index (χ0) is 21.2. The molecule has 1 heterocycles. The van der Waals surface area contributed by atoms with Crippen molar-refractivity contribution in [3.05, 3.63) is 64.7 Å². The lowest BCUT2D eigenvalue weighted by Gasteiger charge is -2.42. The summed E-state index contributed by atoms with van der Waals surface area (Å²) in [5.41, 5.74) is 3.45. The molecule has 0 spiro atoms. The van der Waals surface area contributed by atoms with Gasteiger partial charge in [-0.3, -0.25) is 0 Å². The minimum Gasteiger partial charge on any atom is -0.494 e. The van der Waals surface area contributed by atoms with Gasteiger partial charge in [0.2, 0.25) is 0 Å². The van der Waals surface area contributed by atoms with Crippen LogP contribution in [0.15, 0.2) is 42.5 Å². The summed E-state index contributed by atoms with van der Waals surface area (Å²) in [6.45, 7) is 3.48. The quantitative estimate of drug-likeness (QED) is 0.685. The highest BCUT2D eigenvalue weighted by molar-refractivity contribution is 5.38. The van der Waals surface area contributed by atoms with Gasteiger partial charge in [0.05, 0.1) is 13.2 Å². The van der Waals surface area contributed by atoms with Crippen molar-refractivity contribution in [2.45, 2.75) is 50.6 Å². The van der Waals surface area contributed by atoms with Crippen LogP contribution in [0.1, 0.15) is 35.3 Å². The number of ether oxygens (including phenoxy) is 2. The third-order valence-corrected chi connectivity index (χ3v) is 5.26. The van der Waals surface area contributed by atoms with Crippen LogP contribution in [0.2, 0.25) is 0 Å². The Labute approximate surface area is 168 Å². The minimum absolute atomic E-state index is 0.469. The summed E-state index contributed by atoms with van der Waals surface area (Å²) in [5, 5.41) is 29.3.